The topological polar surface area (TPSA) is 73.8 Å². The van der Waals surface area contributed by atoms with Gasteiger partial charge in [0, 0.05) is 19.0 Å². The lowest BCUT2D eigenvalue weighted by molar-refractivity contribution is -0.128. The van der Waals surface area contributed by atoms with Crippen molar-refractivity contribution in [1.29, 1.82) is 0 Å². The van der Waals surface area contributed by atoms with Crippen LogP contribution in [0.15, 0.2) is 6.33 Å². The average Bonchev–Trinajstić information content (AvgIpc) is 2.66. The summed E-state index contributed by atoms with van der Waals surface area (Å²) in [4.78, 5) is 16.7. The molecule has 1 aliphatic rings. The van der Waals surface area contributed by atoms with E-state index in [4.69, 9.17) is 5.73 Å². The van der Waals surface area contributed by atoms with Crippen molar-refractivity contribution < 1.29 is 4.79 Å². The predicted octanol–water partition coefficient (Wildman–Crippen LogP) is 1.23. The van der Waals surface area contributed by atoms with Crippen LogP contribution >= 0.6 is 0 Å². The Morgan fingerprint density at radius 1 is 1.39 bits per heavy atom. The molecule has 1 aromatic rings. The lowest BCUT2D eigenvalue weighted by Gasteiger charge is -2.29. The zero-order valence-corrected chi connectivity index (χ0v) is 11.1. The Balaban J connectivity index is 2.11. The number of aromatic nitrogens is 3. The molecule has 0 aliphatic heterocycles. The van der Waals surface area contributed by atoms with Gasteiger partial charge in [-0.05, 0) is 12.8 Å². The highest BCUT2D eigenvalue weighted by Gasteiger charge is 2.37. The van der Waals surface area contributed by atoms with Crippen LogP contribution in [0.2, 0.25) is 0 Å². The lowest BCUT2D eigenvalue weighted by atomic mass is 9.75. The zero-order valence-electron chi connectivity index (χ0n) is 11.1. The molecule has 18 heavy (non-hydrogen) atoms. The van der Waals surface area contributed by atoms with Crippen molar-refractivity contribution in [3.05, 3.63) is 12.2 Å². The molecule has 1 fully saturated rings. The van der Waals surface area contributed by atoms with Crippen LogP contribution in [0, 0.1) is 5.41 Å². The summed E-state index contributed by atoms with van der Waals surface area (Å²) in [6, 6.07) is 0. The second-order valence-electron chi connectivity index (χ2n) is 5.30. The fraction of sp³-hybridized carbons (Fsp3) is 0.769. The molecule has 1 heterocycles. The van der Waals surface area contributed by atoms with Crippen LogP contribution in [-0.4, -0.2) is 27.1 Å². The van der Waals surface area contributed by atoms with Gasteiger partial charge in [-0.15, -0.1) is 0 Å². The quantitative estimate of drug-likeness (QED) is 0.816. The summed E-state index contributed by atoms with van der Waals surface area (Å²) in [6.07, 6.45) is 8.38. The van der Waals surface area contributed by atoms with Crippen LogP contribution in [0.5, 0.6) is 0 Å². The van der Waals surface area contributed by atoms with E-state index in [2.05, 4.69) is 10.1 Å². The molecule has 2 N–H and O–H groups in total. The molecule has 1 saturated carbocycles. The van der Waals surface area contributed by atoms with Gasteiger partial charge in [0.15, 0.2) is 0 Å². The molecule has 0 amide bonds. The maximum absolute atomic E-state index is 12.6. The Morgan fingerprint density at radius 2 is 2.06 bits per heavy atom. The van der Waals surface area contributed by atoms with Crippen LogP contribution in [0.4, 0.5) is 0 Å². The van der Waals surface area contributed by atoms with Crippen LogP contribution in [-0.2, 0) is 18.3 Å². The Hall–Kier alpha value is -1.23. The van der Waals surface area contributed by atoms with Gasteiger partial charge in [0.1, 0.15) is 17.9 Å². The van der Waals surface area contributed by atoms with E-state index < -0.39 is 0 Å². The smallest absolute Gasteiger partial charge is 0.147 e. The number of hydrogen-bond acceptors (Lipinski definition) is 4. The summed E-state index contributed by atoms with van der Waals surface area (Å²) >= 11 is 0. The van der Waals surface area contributed by atoms with E-state index in [1.807, 2.05) is 7.05 Å². The van der Waals surface area contributed by atoms with E-state index in [9.17, 15) is 4.79 Å². The van der Waals surface area contributed by atoms with Gasteiger partial charge < -0.3 is 5.73 Å². The number of hydrogen-bond donors (Lipinski definition) is 1. The fourth-order valence-corrected chi connectivity index (χ4v) is 2.81. The highest BCUT2D eigenvalue weighted by atomic mass is 16.1. The summed E-state index contributed by atoms with van der Waals surface area (Å²) < 4.78 is 1.67. The maximum atomic E-state index is 12.6. The molecule has 0 saturated heterocycles. The van der Waals surface area contributed by atoms with E-state index >= 15 is 0 Å². The van der Waals surface area contributed by atoms with Crippen molar-refractivity contribution in [2.75, 3.05) is 6.54 Å². The van der Waals surface area contributed by atoms with Gasteiger partial charge in [0.05, 0.1) is 6.42 Å². The van der Waals surface area contributed by atoms with Gasteiger partial charge in [-0.25, -0.2) is 4.98 Å². The van der Waals surface area contributed by atoms with E-state index in [0.29, 0.717) is 13.0 Å². The second-order valence-corrected chi connectivity index (χ2v) is 5.30. The molecule has 5 heteroatoms. The van der Waals surface area contributed by atoms with Crippen molar-refractivity contribution in [2.45, 2.75) is 44.9 Å². The third kappa shape index (κ3) is 2.61. The zero-order chi connectivity index (χ0) is 13.0. The first kappa shape index (κ1) is 13.2. The number of carbonyl (C=O) groups is 1. The van der Waals surface area contributed by atoms with Crippen LogP contribution in [0.25, 0.3) is 0 Å². The van der Waals surface area contributed by atoms with E-state index in [1.54, 1.807) is 4.68 Å². The molecule has 0 spiro atoms. The number of rotatable bonds is 4. The molecule has 2 rings (SSSR count). The van der Waals surface area contributed by atoms with Gasteiger partial charge >= 0.3 is 0 Å². The molecule has 0 bridgehead atoms. The summed E-state index contributed by atoms with van der Waals surface area (Å²) in [6.45, 7) is 0.462. The van der Waals surface area contributed by atoms with E-state index in [1.165, 1.54) is 19.2 Å². The normalized spacial score (nSPS) is 19.4. The first-order valence-corrected chi connectivity index (χ1v) is 6.74. The molecule has 0 radical (unpaired) electrons. The monoisotopic (exact) mass is 250 g/mol. The largest absolute Gasteiger partial charge is 0.329 e. The number of nitrogens with two attached hydrogens (primary N) is 1. The third-order valence-electron chi connectivity index (χ3n) is 4.17. The Kier molecular flexibility index (Phi) is 4.11. The fourth-order valence-electron chi connectivity index (χ4n) is 2.81. The van der Waals surface area contributed by atoms with Gasteiger partial charge in [0.25, 0.3) is 0 Å². The van der Waals surface area contributed by atoms with Crippen LogP contribution < -0.4 is 5.73 Å². The second kappa shape index (κ2) is 5.61. The Labute approximate surface area is 108 Å². The van der Waals surface area contributed by atoms with Crippen molar-refractivity contribution in [2.24, 2.45) is 18.2 Å². The average molecular weight is 250 g/mol. The first-order valence-electron chi connectivity index (χ1n) is 6.74. The third-order valence-corrected chi connectivity index (χ3v) is 4.17. The highest BCUT2D eigenvalue weighted by Crippen LogP contribution is 2.35. The molecular formula is C13H22N4O. The minimum Gasteiger partial charge on any atom is -0.329 e. The highest BCUT2D eigenvalue weighted by molar-refractivity contribution is 5.86. The van der Waals surface area contributed by atoms with Gasteiger partial charge in [-0.2, -0.15) is 5.10 Å². The number of ketones is 1. The molecule has 0 unspecified atom stereocenters. The Bertz CT molecular complexity index is 405. The SMILES string of the molecule is Cn1ncnc1CC(=O)C1(CN)CCCCCC1. The lowest BCUT2D eigenvalue weighted by Crippen LogP contribution is -2.39. The van der Waals surface area contributed by atoms with Gasteiger partial charge in [-0.1, -0.05) is 25.7 Å². The standard InChI is InChI=1S/C13H22N4O/c1-17-12(15-10-16-17)8-11(18)13(9-14)6-4-2-3-5-7-13/h10H,2-9,14H2,1H3. The number of carbonyl (C=O) groups excluding carboxylic acids is 1. The van der Waals surface area contributed by atoms with Crippen molar-refractivity contribution in [1.82, 2.24) is 14.8 Å². The van der Waals surface area contributed by atoms with Crippen molar-refractivity contribution in [3.8, 4) is 0 Å². The van der Waals surface area contributed by atoms with Gasteiger partial charge in [-0.3, -0.25) is 9.48 Å². The number of aryl methyl sites for hydroxylation is 1. The summed E-state index contributed by atoms with van der Waals surface area (Å²) in [5.74, 6) is 0.972. The summed E-state index contributed by atoms with van der Waals surface area (Å²) in [7, 11) is 1.82. The van der Waals surface area contributed by atoms with E-state index in [-0.39, 0.29) is 11.2 Å². The molecule has 0 atom stereocenters. The maximum Gasteiger partial charge on any atom is 0.147 e. The minimum atomic E-state index is -0.317. The van der Waals surface area contributed by atoms with Crippen molar-refractivity contribution >= 4 is 5.78 Å². The van der Waals surface area contributed by atoms with Crippen molar-refractivity contribution in [3.63, 3.8) is 0 Å². The van der Waals surface area contributed by atoms with Gasteiger partial charge in [0.2, 0.25) is 0 Å². The summed E-state index contributed by atoms with van der Waals surface area (Å²) in [5, 5.41) is 4.00. The summed E-state index contributed by atoms with van der Waals surface area (Å²) in [5.41, 5.74) is 5.59. The Morgan fingerprint density at radius 3 is 2.56 bits per heavy atom. The predicted molar refractivity (Wildman–Crippen MR) is 68.9 cm³/mol. The van der Waals surface area contributed by atoms with Crippen LogP contribution in [0.3, 0.4) is 0 Å². The minimum absolute atomic E-state index is 0.239. The van der Waals surface area contributed by atoms with E-state index in [0.717, 1.165) is 31.5 Å². The molecule has 5 nitrogen and oxygen atoms in total. The molecule has 100 valence electrons. The first-order chi connectivity index (χ1) is 8.68. The molecule has 1 aliphatic carbocycles. The molecule has 1 aromatic heterocycles. The number of nitrogens with zero attached hydrogens (tertiary/aromatic N) is 3. The van der Waals surface area contributed by atoms with Crippen LogP contribution in [0.1, 0.15) is 44.3 Å². The molecular weight excluding hydrogens is 228 g/mol. The number of Topliss-reactive ketones (excluding diaryl/α,β-unsaturated/α-hetero) is 1. The molecule has 0 aromatic carbocycles.